The minimum absolute atomic E-state index is 0.0484. The third-order valence-electron chi connectivity index (χ3n) is 4.61. The van der Waals surface area contributed by atoms with Gasteiger partial charge in [0.2, 0.25) is 0 Å². The van der Waals surface area contributed by atoms with E-state index in [2.05, 4.69) is 54.9 Å². The first-order valence-electron chi connectivity index (χ1n) is 8.49. The molecule has 0 amide bonds. The van der Waals surface area contributed by atoms with Gasteiger partial charge < -0.3 is 4.98 Å². The highest BCUT2D eigenvalue weighted by atomic mass is 16.1. The molecule has 0 radical (unpaired) electrons. The van der Waals surface area contributed by atoms with E-state index in [1.165, 1.54) is 11.1 Å². The number of nitrogens with one attached hydrogen (secondary N) is 1. The number of aryl methyl sites for hydroxylation is 1. The molecule has 0 aliphatic carbocycles. The Bertz CT molecular complexity index is 749. The van der Waals surface area contributed by atoms with Gasteiger partial charge in [0.15, 0.2) is 0 Å². The largest absolute Gasteiger partial charge is 0.310 e. The van der Waals surface area contributed by atoms with Crippen molar-refractivity contribution in [2.45, 2.75) is 52.6 Å². The van der Waals surface area contributed by atoms with Crippen molar-refractivity contribution in [1.29, 1.82) is 0 Å². The summed E-state index contributed by atoms with van der Waals surface area (Å²) in [6.07, 6.45) is 1.83. The molecule has 0 atom stereocenters. The quantitative estimate of drug-likeness (QED) is 0.944. The Morgan fingerprint density at radius 2 is 2.00 bits per heavy atom. The van der Waals surface area contributed by atoms with Crippen molar-refractivity contribution < 1.29 is 0 Å². The molecule has 1 N–H and O–H groups in total. The van der Waals surface area contributed by atoms with Crippen molar-refractivity contribution in [2.75, 3.05) is 6.54 Å². The Morgan fingerprint density at radius 3 is 2.70 bits per heavy atom. The molecule has 0 spiro atoms. The van der Waals surface area contributed by atoms with E-state index in [4.69, 9.17) is 4.98 Å². The van der Waals surface area contributed by atoms with Gasteiger partial charge in [-0.1, -0.05) is 45.0 Å². The van der Waals surface area contributed by atoms with E-state index in [0.29, 0.717) is 0 Å². The number of nitrogens with zero attached hydrogens (tertiary/aromatic N) is 2. The van der Waals surface area contributed by atoms with Crippen LogP contribution in [0.4, 0.5) is 0 Å². The van der Waals surface area contributed by atoms with Crippen LogP contribution in [0.3, 0.4) is 0 Å². The van der Waals surface area contributed by atoms with Crippen LogP contribution >= 0.6 is 0 Å². The number of aromatic nitrogens is 2. The first-order valence-corrected chi connectivity index (χ1v) is 8.49. The van der Waals surface area contributed by atoms with Gasteiger partial charge in [-0.05, 0) is 24.0 Å². The number of hydrogen-bond donors (Lipinski definition) is 1. The molecular weight excluding hydrogens is 286 g/mol. The first-order chi connectivity index (χ1) is 11.1. The SMILES string of the molecule is CCc1ccccc1CN1CCc2c(nc(C(C)C)[nH]c2=O)C1. The second-order valence-corrected chi connectivity index (χ2v) is 6.61. The highest BCUT2D eigenvalue weighted by Crippen LogP contribution is 2.20. The van der Waals surface area contributed by atoms with Crippen LogP contribution in [0.1, 0.15) is 54.9 Å². The predicted molar refractivity (Wildman–Crippen MR) is 92.6 cm³/mol. The van der Waals surface area contributed by atoms with Crippen molar-refractivity contribution in [3.63, 3.8) is 0 Å². The Hall–Kier alpha value is -1.94. The Morgan fingerprint density at radius 1 is 1.26 bits per heavy atom. The maximum atomic E-state index is 12.2. The smallest absolute Gasteiger partial charge is 0.254 e. The van der Waals surface area contributed by atoms with Gasteiger partial charge in [-0.15, -0.1) is 0 Å². The number of aromatic amines is 1. The van der Waals surface area contributed by atoms with Crippen LogP contribution in [0.5, 0.6) is 0 Å². The van der Waals surface area contributed by atoms with E-state index >= 15 is 0 Å². The topological polar surface area (TPSA) is 49.0 Å². The molecule has 1 aliphatic heterocycles. The predicted octanol–water partition coefficient (Wildman–Crippen LogP) is 3.01. The van der Waals surface area contributed by atoms with E-state index < -0.39 is 0 Å². The molecule has 3 rings (SSSR count). The molecule has 122 valence electrons. The minimum Gasteiger partial charge on any atom is -0.310 e. The monoisotopic (exact) mass is 311 g/mol. The summed E-state index contributed by atoms with van der Waals surface area (Å²) in [7, 11) is 0. The lowest BCUT2D eigenvalue weighted by Crippen LogP contribution is -2.35. The van der Waals surface area contributed by atoms with Crippen LogP contribution in [-0.2, 0) is 25.9 Å². The summed E-state index contributed by atoms with van der Waals surface area (Å²) in [4.78, 5) is 22.3. The van der Waals surface area contributed by atoms with Crippen LogP contribution in [0.2, 0.25) is 0 Å². The zero-order valence-corrected chi connectivity index (χ0v) is 14.2. The normalized spacial score (nSPS) is 15.0. The average Bonchev–Trinajstić information content (AvgIpc) is 2.55. The molecule has 4 heteroatoms. The first kappa shape index (κ1) is 15.9. The summed E-state index contributed by atoms with van der Waals surface area (Å²) in [5, 5.41) is 0. The molecule has 2 heterocycles. The molecule has 1 aromatic carbocycles. The van der Waals surface area contributed by atoms with Crippen molar-refractivity contribution >= 4 is 0 Å². The Labute approximate surface area is 137 Å². The standard InChI is InChI=1S/C19H25N3O/c1-4-14-7-5-6-8-15(14)11-22-10-9-16-17(12-22)20-18(13(2)3)21-19(16)23/h5-8,13H,4,9-12H2,1-3H3,(H,20,21,23). The molecule has 1 aliphatic rings. The third kappa shape index (κ3) is 3.37. The number of H-pyrrole nitrogens is 1. The summed E-state index contributed by atoms with van der Waals surface area (Å²) in [6, 6.07) is 8.61. The molecule has 2 aromatic rings. The van der Waals surface area contributed by atoms with E-state index in [9.17, 15) is 4.79 Å². The van der Waals surface area contributed by atoms with Gasteiger partial charge >= 0.3 is 0 Å². The van der Waals surface area contributed by atoms with Crippen molar-refractivity contribution in [3.05, 3.63) is 62.8 Å². The van der Waals surface area contributed by atoms with E-state index in [-0.39, 0.29) is 11.5 Å². The van der Waals surface area contributed by atoms with Crippen molar-refractivity contribution in [3.8, 4) is 0 Å². The van der Waals surface area contributed by atoms with E-state index in [1.807, 2.05) is 0 Å². The van der Waals surface area contributed by atoms with Gasteiger partial charge in [0.25, 0.3) is 5.56 Å². The summed E-state index contributed by atoms with van der Waals surface area (Å²) in [5.41, 5.74) is 4.66. The van der Waals surface area contributed by atoms with E-state index in [0.717, 1.165) is 49.6 Å². The highest BCUT2D eigenvalue weighted by molar-refractivity contribution is 5.28. The van der Waals surface area contributed by atoms with Crippen LogP contribution in [-0.4, -0.2) is 21.4 Å². The fourth-order valence-corrected chi connectivity index (χ4v) is 3.22. The highest BCUT2D eigenvalue weighted by Gasteiger charge is 2.22. The lowest BCUT2D eigenvalue weighted by molar-refractivity contribution is 0.239. The maximum absolute atomic E-state index is 12.2. The average molecular weight is 311 g/mol. The number of fused-ring (bicyclic) bond motifs is 1. The molecule has 1 aromatic heterocycles. The molecule has 0 bridgehead atoms. The molecule has 0 unspecified atom stereocenters. The molecule has 23 heavy (non-hydrogen) atoms. The third-order valence-corrected chi connectivity index (χ3v) is 4.61. The zero-order valence-electron chi connectivity index (χ0n) is 14.2. The van der Waals surface area contributed by atoms with E-state index in [1.54, 1.807) is 0 Å². The lowest BCUT2D eigenvalue weighted by atomic mass is 10.0. The zero-order chi connectivity index (χ0) is 16.4. The van der Waals surface area contributed by atoms with Gasteiger partial charge in [0.05, 0.1) is 5.69 Å². The van der Waals surface area contributed by atoms with Gasteiger partial charge in [-0.2, -0.15) is 0 Å². The number of benzene rings is 1. The molecule has 0 saturated heterocycles. The fraction of sp³-hybridized carbons (Fsp3) is 0.474. The second kappa shape index (κ2) is 6.67. The van der Waals surface area contributed by atoms with Gasteiger partial charge in [-0.25, -0.2) is 4.98 Å². The Balaban J connectivity index is 1.83. The van der Waals surface area contributed by atoms with Crippen LogP contribution < -0.4 is 5.56 Å². The van der Waals surface area contributed by atoms with Crippen LogP contribution in [0, 0.1) is 0 Å². The summed E-state index contributed by atoms with van der Waals surface area (Å²) in [6.45, 7) is 8.91. The maximum Gasteiger partial charge on any atom is 0.254 e. The van der Waals surface area contributed by atoms with Crippen LogP contribution in [0.15, 0.2) is 29.1 Å². The molecular formula is C19H25N3O. The molecule has 0 fully saturated rings. The summed E-state index contributed by atoms with van der Waals surface area (Å²) in [5.74, 6) is 1.04. The molecule has 4 nitrogen and oxygen atoms in total. The Kier molecular flexibility index (Phi) is 4.62. The number of hydrogen-bond acceptors (Lipinski definition) is 3. The lowest BCUT2D eigenvalue weighted by Gasteiger charge is -2.28. The van der Waals surface area contributed by atoms with Crippen molar-refractivity contribution in [2.24, 2.45) is 0 Å². The van der Waals surface area contributed by atoms with Crippen LogP contribution in [0.25, 0.3) is 0 Å². The molecule has 0 saturated carbocycles. The summed E-state index contributed by atoms with van der Waals surface area (Å²) >= 11 is 0. The van der Waals surface area contributed by atoms with Crippen molar-refractivity contribution in [1.82, 2.24) is 14.9 Å². The minimum atomic E-state index is 0.0484. The van der Waals surface area contributed by atoms with Gasteiger partial charge in [0.1, 0.15) is 5.82 Å². The summed E-state index contributed by atoms with van der Waals surface area (Å²) < 4.78 is 0. The second-order valence-electron chi connectivity index (χ2n) is 6.61. The number of rotatable bonds is 4. The van der Waals surface area contributed by atoms with Gasteiger partial charge in [0, 0.05) is 31.1 Å². The van der Waals surface area contributed by atoms with Gasteiger partial charge in [-0.3, -0.25) is 9.69 Å². The fourth-order valence-electron chi connectivity index (χ4n) is 3.22.